The lowest BCUT2D eigenvalue weighted by atomic mass is 10.3. The fourth-order valence-corrected chi connectivity index (χ4v) is 1.88. The van der Waals surface area contributed by atoms with Crippen molar-refractivity contribution in [3.63, 3.8) is 0 Å². The minimum atomic E-state index is -0.709. The van der Waals surface area contributed by atoms with Crippen LogP contribution in [-0.4, -0.2) is 32.3 Å². The molecule has 1 aromatic carbocycles. The van der Waals surface area contributed by atoms with Crippen molar-refractivity contribution in [2.75, 3.05) is 19.0 Å². The molecule has 0 radical (unpaired) electrons. The second-order valence-electron chi connectivity index (χ2n) is 5.02. The van der Waals surface area contributed by atoms with Crippen LogP contribution in [0.2, 0.25) is 5.02 Å². The first-order valence-electron chi connectivity index (χ1n) is 6.98. The lowest BCUT2D eigenvalue weighted by Crippen LogP contribution is -2.33. The molecule has 1 amide bonds. The quantitative estimate of drug-likeness (QED) is 0.651. The van der Waals surface area contributed by atoms with Gasteiger partial charge in [0.05, 0.1) is 6.21 Å². The summed E-state index contributed by atoms with van der Waals surface area (Å²) < 4.78 is 11.0. The number of hydrazone groups is 1. The highest BCUT2D eigenvalue weighted by Crippen LogP contribution is 2.18. The molecular formula is C16H18ClN3O3. The predicted octanol–water partition coefficient (Wildman–Crippen LogP) is 2.92. The Morgan fingerprint density at radius 1 is 1.39 bits per heavy atom. The molecule has 1 N–H and O–H groups in total. The van der Waals surface area contributed by atoms with Crippen molar-refractivity contribution < 1.29 is 13.9 Å². The molecule has 0 aliphatic carbocycles. The van der Waals surface area contributed by atoms with E-state index in [0.29, 0.717) is 22.4 Å². The van der Waals surface area contributed by atoms with Crippen molar-refractivity contribution in [3.8, 4) is 5.75 Å². The van der Waals surface area contributed by atoms with Gasteiger partial charge in [-0.15, -0.1) is 0 Å². The van der Waals surface area contributed by atoms with Crippen LogP contribution in [0.25, 0.3) is 0 Å². The molecule has 7 heteroatoms. The second-order valence-corrected chi connectivity index (χ2v) is 5.46. The fraction of sp³-hybridized carbons (Fsp3) is 0.250. The van der Waals surface area contributed by atoms with Gasteiger partial charge < -0.3 is 14.1 Å². The third-order valence-electron chi connectivity index (χ3n) is 2.90. The van der Waals surface area contributed by atoms with E-state index in [1.165, 1.54) is 6.21 Å². The zero-order valence-corrected chi connectivity index (χ0v) is 13.9. The van der Waals surface area contributed by atoms with Crippen LogP contribution < -0.4 is 15.1 Å². The number of nitrogens with one attached hydrogen (secondary N) is 1. The first-order valence-corrected chi connectivity index (χ1v) is 7.36. The van der Waals surface area contributed by atoms with Gasteiger partial charge in [0.2, 0.25) is 0 Å². The number of benzene rings is 1. The lowest BCUT2D eigenvalue weighted by molar-refractivity contribution is -0.127. The number of hydrogen-bond acceptors (Lipinski definition) is 5. The van der Waals surface area contributed by atoms with E-state index in [-0.39, 0.29) is 5.91 Å². The Hall–Kier alpha value is -2.47. The number of nitrogens with zero attached hydrogens (tertiary/aromatic N) is 2. The first kappa shape index (κ1) is 16.9. The summed E-state index contributed by atoms with van der Waals surface area (Å²) in [5.74, 6) is 1.39. The van der Waals surface area contributed by atoms with Crippen molar-refractivity contribution in [3.05, 3.63) is 47.2 Å². The van der Waals surface area contributed by atoms with Gasteiger partial charge in [0.1, 0.15) is 11.5 Å². The molecule has 1 unspecified atom stereocenters. The Bertz CT molecular complexity index is 697. The summed E-state index contributed by atoms with van der Waals surface area (Å²) in [4.78, 5) is 13.7. The standard InChI is InChI=1S/C16H18ClN3O3/c1-11(22-13-6-4-5-12(17)9-13)16(21)19-18-10-14-7-8-15(23-14)20(2)3/h4-11H,1-3H3,(H,19,21). The van der Waals surface area contributed by atoms with Crippen LogP contribution in [0.15, 0.2) is 45.9 Å². The molecule has 0 fully saturated rings. The Morgan fingerprint density at radius 2 is 2.17 bits per heavy atom. The van der Waals surface area contributed by atoms with Crippen LogP contribution in [0.5, 0.6) is 5.75 Å². The maximum absolute atomic E-state index is 11.9. The van der Waals surface area contributed by atoms with Crippen molar-refractivity contribution in [1.82, 2.24) is 5.43 Å². The molecule has 0 bridgehead atoms. The van der Waals surface area contributed by atoms with Gasteiger partial charge in [-0.2, -0.15) is 5.10 Å². The van der Waals surface area contributed by atoms with Gasteiger partial charge in [0.25, 0.3) is 5.91 Å². The molecule has 1 heterocycles. The minimum Gasteiger partial charge on any atom is -0.481 e. The molecule has 1 atom stereocenters. The zero-order chi connectivity index (χ0) is 16.8. The van der Waals surface area contributed by atoms with E-state index < -0.39 is 6.10 Å². The van der Waals surface area contributed by atoms with E-state index in [1.807, 2.05) is 25.1 Å². The van der Waals surface area contributed by atoms with Crippen LogP contribution >= 0.6 is 11.6 Å². The normalized spacial score (nSPS) is 12.2. The molecule has 0 spiro atoms. The number of halogens is 1. The number of ether oxygens (including phenoxy) is 1. The summed E-state index contributed by atoms with van der Waals surface area (Å²) in [7, 11) is 3.74. The van der Waals surface area contributed by atoms with Crippen molar-refractivity contribution in [2.24, 2.45) is 5.10 Å². The van der Waals surface area contributed by atoms with E-state index in [1.54, 1.807) is 37.3 Å². The minimum absolute atomic E-state index is 0.374. The van der Waals surface area contributed by atoms with Gasteiger partial charge in [0.15, 0.2) is 12.0 Å². The average Bonchev–Trinajstić information content (AvgIpc) is 2.96. The second kappa shape index (κ2) is 7.69. The van der Waals surface area contributed by atoms with Crippen LogP contribution in [0, 0.1) is 0 Å². The predicted molar refractivity (Wildman–Crippen MR) is 90.3 cm³/mol. The number of rotatable bonds is 6. The summed E-state index contributed by atoms with van der Waals surface area (Å²) >= 11 is 5.87. The summed E-state index contributed by atoms with van der Waals surface area (Å²) in [6, 6.07) is 10.4. The van der Waals surface area contributed by atoms with Gasteiger partial charge in [-0.1, -0.05) is 17.7 Å². The van der Waals surface area contributed by atoms with Crippen LogP contribution in [0.1, 0.15) is 12.7 Å². The van der Waals surface area contributed by atoms with Crippen molar-refractivity contribution in [1.29, 1.82) is 0 Å². The van der Waals surface area contributed by atoms with Gasteiger partial charge in [-0.05, 0) is 31.2 Å². The number of hydrogen-bond donors (Lipinski definition) is 1. The van der Waals surface area contributed by atoms with Crippen molar-refractivity contribution in [2.45, 2.75) is 13.0 Å². The van der Waals surface area contributed by atoms with E-state index >= 15 is 0 Å². The summed E-state index contributed by atoms with van der Waals surface area (Å²) in [5, 5.41) is 4.40. The van der Waals surface area contributed by atoms with Crippen LogP contribution in [0.4, 0.5) is 5.88 Å². The molecule has 1 aromatic heterocycles. The Labute approximate surface area is 139 Å². The van der Waals surface area contributed by atoms with Crippen LogP contribution in [-0.2, 0) is 4.79 Å². The van der Waals surface area contributed by atoms with Crippen LogP contribution in [0.3, 0.4) is 0 Å². The van der Waals surface area contributed by atoms with Gasteiger partial charge in [0, 0.05) is 25.2 Å². The average molecular weight is 336 g/mol. The molecule has 0 aliphatic heterocycles. The molecule has 6 nitrogen and oxygen atoms in total. The summed E-state index contributed by atoms with van der Waals surface area (Å²) in [5.41, 5.74) is 2.40. The lowest BCUT2D eigenvalue weighted by Gasteiger charge is -2.12. The number of furan rings is 1. The highest BCUT2D eigenvalue weighted by molar-refractivity contribution is 6.30. The monoisotopic (exact) mass is 335 g/mol. The Morgan fingerprint density at radius 3 is 2.83 bits per heavy atom. The van der Waals surface area contributed by atoms with E-state index in [4.69, 9.17) is 20.8 Å². The molecule has 0 saturated heterocycles. The summed E-state index contributed by atoms with van der Waals surface area (Å²) in [6.45, 7) is 1.63. The highest BCUT2D eigenvalue weighted by Gasteiger charge is 2.14. The number of anilines is 1. The fourth-order valence-electron chi connectivity index (χ4n) is 1.70. The van der Waals surface area contributed by atoms with E-state index in [2.05, 4.69) is 10.5 Å². The molecule has 0 saturated carbocycles. The molecule has 2 aromatic rings. The molecule has 122 valence electrons. The number of carbonyl (C=O) groups is 1. The molecule has 2 rings (SSSR count). The molecule has 23 heavy (non-hydrogen) atoms. The largest absolute Gasteiger partial charge is 0.481 e. The highest BCUT2D eigenvalue weighted by atomic mass is 35.5. The van der Waals surface area contributed by atoms with Gasteiger partial charge in [-0.3, -0.25) is 4.79 Å². The third kappa shape index (κ3) is 5.03. The number of amides is 1. The maximum atomic E-state index is 11.9. The Balaban J connectivity index is 1.86. The Kier molecular flexibility index (Phi) is 5.65. The first-order chi connectivity index (χ1) is 11.0. The molecular weight excluding hydrogens is 318 g/mol. The third-order valence-corrected chi connectivity index (χ3v) is 3.13. The number of carbonyl (C=O) groups excluding carboxylic acids is 1. The smallest absolute Gasteiger partial charge is 0.280 e. The van der Waals surface area contributed by atoms with Gasteiger partial charge in [-0.25, -0.2) is 5.43 Å². The van der Waals surface area contributed by atoms with E-state index in [9.17, 15) is 4.79 Å². The zero-order valence-electron chi connectivity index (χ0n) is 13.1. The van der Waals surface area contributed by atoms with Gasteiger partial charge >= 0.3 is 0 Å². The van der Waals surface area contributed by atoms with E-state index in [0.717, 1.165) is 0 Å². The SMILES string of the molecule is CC(Oc1cccc(Cl)c1)C(=O)NN=Cc1ccc(N(C)C)o1. The topological polar surface area (TPSA) is 67.1 Å². The van der Waals surface area contributed by atoms with Crippen molar-refractivity contribution >= 4 is 29.6 Å². The maximum Gasteiger partial charge on any atom is 0.280 e. The summed E-state index contributed by atoms with van der Waals surface area (Å²) in [6.07, 6.45) is 0.719. The molecule has 0 aliphatic rings.